The summed E-state index contributed by atoms with van der Waals surface area (Å²) in [5.74, 6) is -0.418. The number of carbonyl (C=O) groups is 1. The summed E-state index contributed by atoms with van der Waals surface area (Å²) in [5, 5.41) is 0. The molecule has 1 atom stereocenters. The molecular weight excluding hydrogens is 293 g/mol. The number of alkyl halides is 3. The fourth-order valence-electron chi connectivity index (χ4n) is 2.01. The van der Waals surface area contributed by atoms with Crippen molar-refractivity contribution >= 4 is 5.97 Å². The van der Waals surface area contributed by atoms with Crippen LogP contribution in [0.15, 0.2) is 54.6 Å². The van der Waals surface area contributed by atoms with Gasteiger partial charge in [-0.1, -0.05) is 42.5 Å². The van der Waals surface area contributed by atoms with E-state index in [4.69, 9.17) is 4.74 Å². The van der Waals surface area contributed by atoms with E-state index in [1.807, 2.05) is 30.3 Å². The minimum Gasteiger partial charge on any atom is -0.458 e. The topological polar surface area (TPSA) is 26.3 Å². The van der Waals surface area contributed by atoms with E-state index in [2.05, 4.69) is 0 Å². The SMILES string of the molecule is C[C@@H](OC(=O)Cc1ccccc1)c1ccc(C(F)(F)F)cc1. The molecule has 0 saturated carbocycles. The lowest BCUT2D eigenvalue weighted by atomic mass is 10.1. The quantitative estimate of drug-likeness (QED) is 0.774. The van der Waals surface area contributed by atoms with Crippen LogP contribution < -0.4 is 0 Å². The largest absolute Gasteiger partial charge is 0.458 e. The van der Waals surface area contributed by atoms with E-state index in [0.29, 0.717) is 5.56 Å². The minimum absolute atomic E-state index is 0.131. The van der Waals surface area contributed by atoms with E-state index in [0.717, 1.165) is 17.7 Å². The first-order chi connectivity index (χ1) is 10.4. The molecule has 2 aromatic carbocycles. The highest BCUT2D eigenvalue weighted by Crippen LogP contribution is 2.30. The Morgan fingerprint density at radius 1 is 1.05 bits per heavy atom. The van der Waals surface area contributed by atoms with E-state index in [9.17, 15) is 18.0 Å². The monoisotopic (exact) mass is 308 g/mol. The van der Waals surface area contributed by atoms with Crippen LogP contribution in [0, 0.1) is 0 Å². The van der Waals surface area contributed by atoms with Crippen molar-refractivity contribution in [1.82, 2.24) is 0 Å². The Labute approximate surface area is 126 Å². The van der Waals surface area contributed by atoms with Crippen molar-refractivity contribution in [3.05, 3.63) is 71.3 Å². The highest BCUT2D eigenvalue weighted by atomic mass is 19.4. The van der Waals surface area contributed by atoms with Gasteiger partial charge >= 0.3 is 12.1 Å². The van der Waals surface area contributed by atoms with Crippen molar-refractivity contribution in [3.8, 4) is 0 Å². The molecule has 0 saturated heterocycles. The second-order valence-electron chi connectivity index (χ2n) is 4.91. The van der Waals surface area contributed by atoms with Crippen LogP contribution in [0.25, 0.3) is 0 Å². The lowest BCUT2D eigenvalue weighted by Gasteiger charge is -2.15. The number of rotatable bonds is 4. The van der Waals surface area contributed by atoms with E-state index >= 15 is 0 Å². The Balaban J connectivity index is 1.97. The zero-order chi connectivity index (χ0) is 16.2. The second-order valence-corrected chi connectivity index (χ2v) is 4.91. The fourth-order valence-corrected chi connectivity index (χ4v) is 2.01. The molecule has 2 rings (SSSR count). The molecular formula is C17H15F3O2. The van der Waals surface area contributed by atoms with Crippen molar-refractivity contribution in [2.24, 2.45) is 0 Å². The van der Waals surface area contributed by atoms with E-state index in [1.54, 1.807) is 6.92 Å². The van der Waals surface area contributed by atoms with Gasteiger partial charge in [0, 0.05) is 0 Å². The van der Waals surface area contributed by atoms with Crippen LogP contribution >= 0.6 is 0 Å². The molecule has 0 radical (unpaired) electrons. The van der Waals surface area contributed by atoms with E-state index in [1.165, 1.54) is 12.1 Å². The molecule has 22 heavy (non-hydrogen) atoms. The van der Waals surface area contributed by atoms with Crippen molar-refractivity contribution in [2.75, 3.05) is 0 Å². The summed E-state index contributed by atoms with van der Waals surface area (Å²) < 4.78 is 42.7. The molecule has 0 aliphatic heterocycles. The Bertz CT molecular complexity index is 619. The van der Waals surface area contributed by atoms with Crippen molar-refractivity contribution in [2.45, 2.75) is 25.6 Å². The summed E-state index contributed by atoms with van der Waals surface area (Å²) in [6.07, 6.45) is -4.84. The summed E-state index contributed by atoms with van der Waals surface area (Å²) in [5.41, 5.74) is 0.626. The summed E-state index contributed by atoms with van der Waals surface area (Å²) in [4.78, 5) is 11.8. The molecule has 5 heteroatoms. The minimum atomic E-state index is -4.37. The lowest BCUT2D eigenvalue weighted by molar-refractivity contribution is -0.148. The summed E-state index contributed by atoms with van der Waals surface area (Å²) in [7, 11) is 0. The zero-order valence-electron chi connectivity index (χ0n) is 11.9. The van der Waals surface area contributed by atoms with Crippen molar-refractivity contribution in [3.63, 3.8) is 0 Å². The van der Waals surface area contributed by atoms with Crippen molar-refractivity contribution in [1.29, 1.82) is 0 Å². The summed E-state index contributed by atoms with van der Waals surface area (Å²) in [6.45, 7) is 1.63. The van der Waals surface area contributed by atoms with Gasteiger partial charge in [0.2, 0.25) is 0 Å². The molecule has 0 heterocycles. The third-order valence-electron chi connectivity index (χ3n) is 3.21. The maximum absolute atomic E-state index is 12.5. The Morgan fingerprint density at radius 3 is 2.18 bits per heavy atom. The third-order valence-corrected chi connectivity index (χ3v) is 3.21. The average Bonchev–Trinajstić information content (AvgIpc) is 2.47. The van der Waals surface area contributed by atoms with Gasteiger partial charge in [-0.25, -0.2) is 0 Å². The molecule has 0 amide bonds. The first-order valence-corrected chi connectivity index (χ1v) is 6.77. The van der Waals surface area contributed by atoms with Crippen LogP contribution in [0.3, 0.4) is 0 Å². The molecule has 0 unspecified atom stereocenters. The summed E-state index contributed by atoms with van der Waals surface area (Å²) >= 11 is 0. The number of halogens is 3. The van der Waals surface area contributed by atoms with Crippen LogP contribution in [-0.2, 0) is 22.1 Å². The van der Waals surface area contributed by atoms with Gasteiger partial charge in [-0.2, -0.15) is 13.2 Å². The van der Waals surface area contributed by atoms with Gasteiger partial charge in [0.05, 0.1) is 12.0 Å². The van der Waals surface area contributed by atoms with Gasteiger partial charge < -0.3 is 4.74 Å². The zero-order valence-corrected chi connectivity index (χ0v) is 11.9. The molecule has 0 aliphatic carbocycles. The number of esters is 1. The van der Waals surface area contributed by atoms with Crippen LogP contribution in [0.5, 0.6) is 0 Å². The standard InChI is InChI=1S/C17H15F3O2/c1-12(14-7-9-15(10-8-14)17(18,19)20)22-16(21)11-13-5-3-2-4-6-13/h2-10,12H,11H2,1H3/t12-/m1/s1. The van der Waals surface area contributed by atoms with Gasteiger partial charge in [0.25, 0.3) is 0 Å². The maximum Gasteiger partial charge on any atom is 0.416 e. The maximum atomic E-state index is 12.5. The van der Waals surface area contributed by atoms with Gasteiger partial charge in [0.15, 0.2) is 0 Å². The normalized spacial score (nSPS) is 12.7. The molecule has 2 nitrogen and oxygen atoms in total. The molecule has 0 aliphatic rings. The van der Waals surface area contributed by atoms with Gasteiger partial charge in [-0.05, 0) is 30.2 Å². The molecule has 0 fully saturated rings. The van der Waals surface area contributed by atoms with Gasteiger partial charge in [-0.15, -0.1) is 0 Å². The molecule has 116 valence electrons. The molecule has 2 aromatic rings. The molecule has 0 N–H and O–H groups in total. The Morgan fingerprint density at radius 2 is 1.64 bits per heavy atom. The lowest BCUT2D eigenvalue weighted by Crippen LogP contribution is -2.12. The average molecular weight is 308 g/mol. The highest BCUT2D eigenvalue weighted by molar-refractivity contribution is 5.72. The first-order valence-electron chi connectivity index (χ1n) is 6.77. The van der Waals surface area contributed by atoms with Gasteiger partial charge in [-0.3, -0.25) is 4.79 Å². The third kappa shape index (κ3) is 4.35. The van der Waals surface area contributed by atoms with Gasteiger partial charge in [0.1, 0.15) is 6.10 Å². The van der Waals surface area contributed by atoms with E-state index in [-0.39, 0.29) is 6.42 Å². The number of benzene rings is 2. The van der Waals surface area contributed by atoms with Crippen LogP contribution in [0.2, 0.25) is 0 Å². The smallest absolute Gasteiger partial charge is 0.416 e. The highest BCUT2D eigenvalue weighted by Gasteiger charge is 2.30. The molecule has 0 bridgehead atoms. The molecule has 0 spiro atoms. The first kappa shape index (κ1) is 16.1. The number of carbonyl (C=O) groups excluding carboxylic acids is 1. The Hall–Kier alpha value is -2.30. The molecule has 0 aromatic heterocycles. The van der Waals surface area contributed by atoms with Crippen LogP contribution in [0.4, 0.5) is 13.2 Å². The van der Waals surface area contributed by atoms with Crippen LogP contribution in [0.1, 0.15) is 29.7 Å². The predicted octanol–water partition coefficient (Wildman–Crippen LogP) is 4.55. The number of ether oxygens (including phenoxy) is 1. The van der Waals surface area contributed by atoms with Crippen molar-refractivity contribution < 1.29 is 22.7 Å². The number of hydrogen-bond donors (Lipinski definition) is 0. The fraction of sp³-hybridized carbons (Fsp3) is 0.235. The number of hydrogen-bond acceptors (Lipinski definition) is 2. The summed E-state index contributed by atoms with van der Waals surface area (Å²) in [6, 6.07) is 13.7. The van der Waals surface area contributed by atoms with Crippen LogP contribution in [-0.4, -0.2) is 5.97 Å². The second kappa shape index (κ2) is 6.64. The predicted molar refractivity (Wildman–Crippen MR) is 76.1 cm³/mol. The Kier molecular flexibility index (Phi) is 4.85. The van der Waals surface area contributed by atoms with E-state index < -0.39 is 23.8 Å².